The lowest BCUT2D eigenvalue weighted by Gasteiger charge is -2.16. The number of hydrogen-bond acceptors (Lipinski definition) is 3. The van der Waals surface area contributed by atoms with E-state index in [2.05, 4.69) is 5.32 Å². The van der Waals surface area contributed by atoms with Crippen LogP contribution in [0.15, 0.2) is 47.1 Å². The van der Waals surface area contributed by atoms with Gasteiger partial charge in [-0.2, -0.15) is 0 Å². The molecule has 0 aliphatic rings. The second-order valence-corrected chi connectivity index (χ2v) is 4.05. The summed E-state index contributed by atoms with van der Waals surface area (Å²) in [6, 6.07) is 11.8. The van der Waals surface area contributed by atoms with E-state index < -0.39 is 0 Å². The first kappa shape index (κ1) is 11.9. The van der Waals surface area contributed by atoms with Gasteiger partial charge in [0, 0.05) is 0 Å². The van der Waals surface area contributed by atoms with E-state index >= 15 is 0 Å². The molecule has 1 heterocycles. The number of furan rings is 1. The zero-order valence-corrected chi connectivity index (χ0v) is 9.89. The van der Waals surface area contributed by atoms with E-state index in [1.807, 2.05) is 43.3 Å². The summed E-state index contributed by atoms with van der Waals surface area (Å²) in [5.41, 5.74) is 2.21. The van der Waals surface area contributed by atoms with Crippen molar-refractivity contribution in [3.63, 3.8) is 0 Å². The van der Waals surface area contributed by atoms with E-state index in [1.54, 1.807) is 6.26 Å². The molecule has 90 valence electrons. The average molecular weight is 231 g/mol. The van der Waals surface area contributed by atoms with Crippen molar-refractivity contribution in [2.75, 3.05) is 6.61 Å². The van der Waals surface area contributed by atoms with Gasteiger partial charge in [-0.15, -0.1) is 0 Å². The first-order chi connectivity index (χ1) is 8.31. The summed E-state index contributed by atoms with van der Waals surface area (Å²) in [5, 5.41) is 12.7. The summed E-state index contributed by atoms with van der Waals surface area (Å²) in [4.78, 5) is 0. The van der Waals surface area contributed by atoms with Crippen LogP contribution in [0, 0.1) is 6.92 Å². The van der Waals surface area contributed by atoms with E-state index in [9.17, 15) is 5.11 Å². The zero-order chi connectivity index (χ0) is 12.1. The van der Waals surface area contributed by atoms with Crippen LogP contribution in [0.25, 0.3) is 0 Å². The maximum atomic E-state index is 9.38. The number of nitrogens with one attached hydrogen (secondary N) is 1. The minimum Gasteiger partial charge on any atom is -0.468 e. The molecule has 0 amide bonds. The van der Waals surface area contributed by atoms with Gasteiger partial charge in [-0.3, -0.25) is 0 Å². The fraction of sp³-hybridized carbons (Fsp3) is 0.286. The van der Waals surface area contributed by atoms with Gasteiger partial charge in [0.1, 0.15) is 5.76 Å². The Bertz CT molecular complexity index is 450. The number of benzene rings is 1. The predicted octanol–water partition coefficient (Wildman–Crippen LogP) is 2.41. The van der Waals surface area contributed by atoms with Crippen LogP contribution in [-0.4, -0.2) is 11.7 Å². The molecule has 0 unspecified atom stereocenters. The maximum absolute atomic E-state index is 9.38. The fourth-order valence-corrected chi connectivity index (χ4v) is 1.77. The highest BCUT2D eigenvalue weighted by atomic mass is 16.3. The van der Waals surface area contributed by atoms with E-state index in [0.29, 0.717) is 6.54 Å². The summed E-state index contributed by atoms with van der Waals surface area (Å²) in [7, 11) is 0. The van der Waals surface area contributed by atoms with Gasteiger partial charge < -0.3 is 14.8 Å². The van der Waals surface area contributed by atoms with Crippen molar-refractivity contribution in [2.45, 2.75) is 19.5 Å². The van der Waals surface area contributed by atoms with Gasteiger partial charge in [0.15, 0.2) is 0 Å². The molecular formula is C14H17NO2. The molecule has 0 radical (unpaired) electrons. The Balaban J connectivity index is 1.99. The van der Waals surface area contributed by atoms with Crippen molar-refractivity contribution >= 4 is 0 Å². The molecule has 2 aromatic rings. The lowest BCUT2D eigenvalue weighted by molar-refractivity contribution is 0.240. The summed E-state index contributed by atoms with van der Waals surface area (Å²) >= 11 is 0. The first-order valence-electron chi connectivity index (χ1n) is 5.73. The van der Waals surface area contributed by atoms with Crippen LogP contribution in [0.5, 0.6) is 0 Å². The van der Waals surface area contributed by atoms with Gasteiger partial charge in [-0.1, -0.05) is 30.3 Å². The normalized spacial score (nSPS) is 12.6. The molecule has 0 fully saturated rings. The van der Waals surface area contributed by atoms with Crippen LogP contribution >= 0.6 is 0 Å². The van der Waals surface area contributed by atoms with Crippen molar-refractivity contribution in [1.29, 1.82) is 0 Å². The van der Waals surface area contributed by atoms with E-state index in [4.69, 9.17) is 4.42 Å². The van der Waals surface area contributed by atoms with Gasteiger partial charge in [-0.05, 0) is 24.1 Å². The van der Waals surface area contributed by atoms with Gasteiger partial charge in [0.05, 0.1) is 25.5 Å². The molecule has 0 saturated heterocycles. The Labute approximate surface area is 101 Å². The number of rotatable bonds is 5. The van der Waals surface area contributed by atoms with E-state index in [-0.39, 0.29) is 12.6 Å². The Kier molecular flexibility index (Phi) is 3.96. The molecule has 2 N–H and O–H groups in total. The second-order valence-electron chi connectivity index (χ2n) is 4.05. The third-order valence-corrected chi connectivity index (χ3v) is 2.86. The van der Waals surface area contributed by atoms with Crippen LogP contribution in [0.3, 0.4) is 0 Å². The van der Waals surface area contributed by atoms with Crippen LogP contribution in [0.2, 0.25) is 0 Å². The average Bonchev–Trinajstić information content (AvgIpc) is 2.77. The van der Waals surface area contributed by atoms with E-state index in [1.165, 1.54) is 0 Å². The number of aryl methyl sites for hydroxylation is 1. The predicted molar refractivity (Wildman–Crippen MR) is 66.6 cm³/mol. The minimum atomic E-state index is -0.0549. The zero-order valence-electron chi connectivity index (χ0n) is 9.89. The highest BCUT2D eigenvalue weighted by Gasteiger charge is 2.10. The molecule has 1 aromatic carbocycles. The SMILES string of the molecule is Cc1ccoc1CN[C@@H](CO)c1ccccc1. The summed E-state index contributed by atoms with van der Waals surface area (Å²) in [6.45, 7) is 2.71. The Morgan fingerprint density at radius 3 is 2.59 bits per heavy atom. The maximum Gasteiger partial charge on any atom is 0.120 e. The molecule has 17 heavy (non-hydrogen) atoms. The number of aliphatic hydroxyl groups excluding tert-OH is 1. The molecule has 1 aromatic heterocycles. The van der Waals surface area contributed by atoms with Crippen LogP contribution in [0.1, 0.15) is 22.9 Å². The standard InChI is InChI=1S/C14H17NO2/c1-11-7-8-17-14(11)9-15-13(10-16)12-5-3-2-4-6-12/h2-8,13,15-16H,9-10H2,1H3/t13-/m0/s1. The lowest BCUT2D eigenvalue weighted by atomic mass is 10.1. The largest absolute Gasteiger partial charge is 0.468 e. The van der Waals surface area contributed by atoms with Gasteiger partial charge in [-0.25, -0.2) is 0 Å². The highest BCUT2D eigenvalue weighted by molar-refractivity contribution is 5.20. The van der Waals surface area contributed by atoms with Crippen LogP contribution in [-0.2, 0) is 6.54 Å². The fourth-order valence-electron chi connectivity index (χ4n) is 1.77. The minimum absolute atomic E-state index is 0.0549. The third kappa shape index (κ3) is 2.96. The van der Waals surface area contributed by atoms with Gasteiger partial charge in [0.25, 0.3) is 0 Å². The molecule has 1 atom stereocenters. The quantitative estimate of drug-likeness (QED) is 0.830. The number of aliphatic hydroxyl groups is 1. The smallest absolute Gasteiger partial charge is 0.120 e. The Hall–Kier alpha value is -1.58. The second kappa shape index (κ2) is 5.66. The lowest BCUT2D eigenvalue weighted by Crippen LogP contribution is -2.24. The number of hydrogen-bond donors (Lipinski definition) is 2. The Morgan fingerprint density at radius 1 is 1.24 bits per heavy atom. The van der Waals surface area contributed by atoms with Gasteiger partial charge >= 0.3 is 0 Å². The molecule has 3 heteroatoms. The molecule has 0 aliphatic carbocycles. The molecule has 0 saturated carbocycles. The third-order valence-electron chi connectivity index (χ3n) is 2.86. The Morgan fingerprint density at radius 2 is 2.00 bits per heavy atom. The van der Waals surface area contributed by atoms with Crippen LogP contribution in [0.4, 0.5) is 0 Å². The highest BCUT2D eigenvalue weighted by Crippen LogP contribution is 2.14. The van der Waals surface area contributed by atoms with Crippen molar-refractivity contribution < 1.29 is 9.52 Å². The van der Waals surface area contributed by atoms with Crippen molar-refractivity contribution in [3.8, 4) is 0 Å². The van der Waals surface area contributed by atoms with Crippen LogP contribution < -0.4 is 5.32 Å². The van der Waals surface area contributed by atoms with Gasteiger partial charge in [0.2, 0.25) is 0 Å². The summed E-state index contributed by atoms with van der Waals surface area (Å²) in [6.07, 6.45) is 1.68. The molecule has 0 spiro atoms. The van der Waals surface area contributed by atoms with Crippen molar-refractivity contribution in [1.82, 2.24) is 5.32 Å². The summed E-state index contributed by atoms with van der Waals surface area (Å²) < 4.78 is 5.35. The molecule has 0 bridgehead atoms. The first-order valence-corrected chi connectivity index (χ1v) is 5.73. The van der Waals surface area contributed by atoms with Crippen molar-refractivity contribution in [3.05, 3.63) is 59.5 Å². The molecule has 0 aliphatic heterocycles. The monoisotopic (exact) mass is 231 g/mol. The molecule has 3 nitrogen and oxygen atoms in total. The molecule has 2 rings (SSSR count). The van der Waals surface area contributed by atoms with Crippen molar-refractivity contribution in [2.24, 2.45) is 0 Å². The topological polar surface area (TPSA) is 45.4 Å². The summed E-state index contributed by atoms with van der Waals surface area (Å²) in [5.74, 6) is 0.916. The van der Waals surface area contributed by atoms with E-state index in [0.717, 1.165) is 16.9 Å². The molecular weight excluding hydrogens is 214 g/mol.